The predicted molar refractivity (Wildman–Crippen MR) is 88.9 cm³/mol. The summed E-state index contributed by atoms with van der Waals surface area (Å²) in [5.74, 6) is 1.48. The maximum Gasteiger partial charge on any atom is 0.151 e. The van der Waals surface area contributed by atoms with Gasteiger partial charge in [0.15, 0.2) is 5.82 Å². The molecular formula is C15H19ClN4S. The topological polar surface area (TPSA) is 55.0 Å². The molecule has 0 amide bonds. The summed E-state index contributed by atoms with van der Waals surface area (Å²) in [6.45, 7) is 4.09. The Hall–Kier alpha value is -1.17. The summed E-state index contributed by atoms with van der Waals surface area (Å²) in [4.78, 5) is 3.33. The van der Waals surface area contributed by atoms with E-state index < -0.39 is 0 Å². The molecule has 0 aromatic carbocycles. The monoisotopic (exact) mass is 322 g/mol. The van der Waals surface area contributed by atoms with Crippen LogP contribution in [0.4, 0.5) is 5.82 Å². The van der Waals surface area contributed by atoms with Crippen molar-refractivity contribution in [3.63, 3.8) is 0 Å². The number of rotatable bonds is 3. The van der Waals surface area contributed by atoms with Gasteiger partial charge in [-0.05, 0) is 49.9 Å². The van der Waals surface area contributed by atoms with Gasteiger partial charge in [0.25, 0.3) is 0 Å². The molecule has 1 fully saturated rings. The molecule has 2 atom stereocenters. The number of hydrogen-bond acceptors (Lipinski definition) is 5. The van der Waals surface area contributed by atoms with E-state index in [1.54, 1.807) is 0 Å². The maximum atomic E-state index is 6.04. The third-order valence-electron chi connectivity index (χ3n) is 4.00. The molecule has 0 bridgehead atoms. The second kappa shape index (κ2) is 6.30. The number of anilines is 1. The molecule has 1 aliphatic rings. The Morgan fingerprint density at radius 2 is 2.19 bits per heavy atom. The molecule has 6 heteroatoms. The summed E-state index contributed by atoms with van der Waals surface area (Å²) in [6.07, 6.45) is 2.36. The molecule has 2 unspecified atom stereocenters. The minimum absolute atomic E-state index is 0.230. The van der Waals surface area contributed by atoms with E-state index in [0.29, 0.717) is 5.92 Å². The van der Waals surface area contributed by atoms with Crippen LogP contribution in [0.2, 0.25) is 4.34 Å². The Labute approximate surface area is 133 Å². The minimum Gasteiger partial charge on any atom is -0.355 e. The molecule has 0 aliphatic carbocycles. The van der Waals surface area contributed by atoms with E-state index in [0.717, 1.165) is 40.2 Å². The molecule has 3 heterocycles. The van der Waals surface area contributed by atoms with Crippen molar-refractivity contribution < 1.29 is 0 Å². The van der Waals surface area contributed by atoms with E-state index in [-0.39, 0.29) is 6.04 Å². The average Bonchev–Trinajstić information content (AvgIpc) is 2.94. The van der Waals surface area contributed by atoms with E-state index in [9.17, 15) is 0 Å². The fourth-order valence-electron chi connectivity index (χ4n) is 2.72. The molecule has 112 valence electrons. The summed E-state index contributed by atoms with van der Waals surface area (Å²) in [5.41, 5.74) is 6.91. The van der Waals surface area contributed by atoms with Gasteiger partial charge >= 0.3 is 0 Å². The van der Waals surface area contributed by atoms with Crippen molar-refractivity contribution in [2.75, 3.05) is 18.0 Å². The van der Waals surface area contributed by atoms with Gasteiger partial charge in [0.1, 0.15) is 5.69 Å². The second-order valence-electron chi connectivity index (χ2n) is 5.59. The summed E-state index contributed by atoms with van der Waals surface area (Å²) in [5, 5.41) is 8.72. The van der Waals surface area contributed by atoms with Crippen LogP contribution in [0.15, 0.2) is 24.3 Å². The van der Waals surface area contributed by atoms with Crippen molar-refractivity contribution in [1.82, 2.24) is 10.2 Å². The highest BCUT2D eigenvalue weighted by Crippen LogP contribution is 2.30. The first-order valence-electron chi connectivity index (χ1n) is 7.23. The summed E-state index contributed by atoms with van der Waals surface area (Å²) < 4.78 is 0.770. The second-order valence-corrected chi connectivity index (χ2v) is 7.30. The zero-order valence-electron chi connectivity index (χ0n) is 12.0. The van der Waals surface area contributed by atoms with Crippen LogP contribution in [0.1, 0.15) is 19.8 Å². The van der Waals surface area contributed by atoms with Crippen molar-refractivity contribution in [1.29, 1.82) is 0 Å². The molecule has 21 heavy (non-hydrogen) atoms. The van der Waals surface area contributed by atoms with Crippen LogP contribution in [0.5, 0.6) is 0 Å². The van der Waals surface area contributed by atoms with Crippen LogP contribution in [0, 0.1) is 5.92 Å². The third-order valence-corrected chi connectivity index (χ3v) is 5.26. The van der Waals surface area contributed by atoms with Gasteiger partial charge in [-0.1, -0.05) is 11.6 Å². The zero-order valence-corrected chi connectivity index (χ0v) is 13.6. The number of aromatic nitrogens is 2. The van der Waals surface area contributed by atoms with Crippen LogP contribution in [-0.4, -0.2) is 29.3 Å². The van der Waals surface area contributed by atoms with Gasteiger partial charge in [0, 0.05) is 19.1 Å². The number of hydrogen-bond donors (Lipinski definition) is 1. The van der Waals surface area contributed by atoms with E-state index in [4.69, 9.17) is 17.3 Å². The molecule has 2 aromatic rings. The van der Waals surface area contributed by atoms with Crippen LogP contribution in [0.3, 0.4) is 0 Å². The molecule has 0 radical (unpaired) electrons. The van der Waals surface area contributed by atoms with Crippen LogP contribution in [-0.2, 0) is 0 Å². The smallest absolute Gasteiger partial charge is 0.151 e. The number of nitrogens with zero attached hydrogens (tertiary/aromatic N) is 3. The first kappa shape index (κ1) is 14.8. The Balaban J connectivity index is 1.74. The highest BCUT2D eigenvalue weighted by Gasteiger charge is 2.23. The summed E-state index contributed by atoms with van der Waals surface area (Å²) >= 11 is 7.48. The van der Waals surface area contributed by atoms with Crippen molar-refractivity contribution in [3.05, 3.63) is 28.6 Å². The fraction of sp³-hybridized carbons (Fsp3) is 0.467. The van der Waals surface area contributed by atoms with Gasteiger partial charge in [0.05, 0.1) is 9.21 Å². The summed E-state index contributed by atoms with van der Waals surface area (Å²) in [6, 6.07) is 8.14. The molecule has 1 saturated heterocycles. The van der Waals surface area contributed by atoms with E-state index in [1.807, 2.05) is 24.3 Å². The third kappa shape index (κ3) is 3.36. The van der Waals surface area contributed by atoms with Crippen LogP contribution >= 0.6 is 22.9 Å². The van der Waals surface area contributed by atoms with Crippen LogP contribution in [0.25, 0.3) is 10.6 Å². The van der Waals surface area contributed by atoms with E-state index in [2.05, 4.69) is 22.0 Å². The Morgan fingerprint density at radius 3 is 2.81 bits per heavy atom. The average molecular weight is 323 g/mol. The number of halogens is 1. The Kier molecular flexibility index (Phi) is 4.42. The number of thiophene rings is 1. The van der Waals surface area contributed by atoms with Crippen molar-refractivity contribution >= 4 is 28.8 Å². The van der Waals surface area contributed by atoms with Gasteiger partial charge in [-0.15, -0.1) is 21.5 Å². The van der Waals surface area contributed by atoms with Crippen molar-refractivity contribution in [2.24, 2.45) is 11.7 Å². The molecule has 0 spiro atoms. The normalized spacial score (nSPS) is 20.5. The molecule has 0 saturated carbocycles. The SMILES string of the molecule is CC(N)C1CCCN(c2ccc(-c3ccc(Cl)s3)nn2)C1. The minimum atomic E-state index is 0.230. The molecule has 4 nitrogen and oxygen atoms in total. The Bertz CT molecular complexity index is 596. The predicted octanol–water partition coefficient (Wildman–Crippen LogP) is 3.42. The maximum absolute atomic E-state index is 6.04. The first-order chi connectivity index (χ1) is 10.1. The van der Waals surface area contributed by atoms with Gasteiger partial charge < -0.3 is 10.6 Å². The number of piperidine rings is 1. The van der Waals surface area contributed by atoms with E-state index >= 15 is 0 Å². The molecule has 2 aromatic heterocycles. The molecule has 1 aliphatic heterocycles. The molecular weight excluding hydrogens is 304 g/mol. The fourth-order valence-corrected chi connectivity index (χ4v) is 3.73. The van der Waals surface area contributed by atoms with Gasteiger partial charge in [-0.3, -0.25) is 0 Å². The lowest BCUT2D eigenvalue weighted by Gasteiger charge is -2.35. The van der Waals surface area contributed by atoms with Crippen molar-refractivity contribution in [2.45, 2.75) is 25.8 Å². The number of nitrogens with two attached hydrogens (primary N) is 1. The van der Waals surface area contributed by atoms with E-state index in [1.165, 1.54) is 17.8 Å². The van der Waals surface area contributed by atoms with Crippen molar-refractivity contribution in [3.8, 4) is 10.6 Å². The lowest BCUT2D eigenvalue weighted by atomic mass is 9.92. The van der Waals surface area contributed by atoms with Gasteiger partial charge in [0.2, 0.25) is 0 Å². The zero-order chi connectivity index (χ0) is 14.8. The quantitative estimate of drug-likeness (QED) is 0.940. The highest BCUT2D eigenvalue weighted by molar-refractivity contribution is 7.19. The van der Waals surface area contributed by atoms with Gasteiger partial charge in [-0.2, -0.15) is 0 Å². The largest absolute Gasteiger partial charge is 0.355 e. The Morgan fingerprint density at radius 1 is 1.33 bits per heavy atom. The standard InChI is InChI=1S/C15H19ClN4S/c1-10(17)11-3-2-8-20(9-11)15-7-4-12(18-19-15)13-5-6-14(16)21-13/h4-7,10-11H,2-3,8-9,17H2,1H3. The van der Waals surface area contributed by atoms with Gasteiger partial charge in [-0.25, -0.2) is 0 Å². The lowest BCUT2D eigenvalue weighted by molar-refractivity contribution is 0.363. The molecule has 3 rings (SSSR count). The van der Waals surface area contributed by atoms with Crippen LogP contribution < -0.4 is 10.6 Å². The molecule has 2 N–H and O–H groups in total. The highest BCUT2D eigenvalue weighted by atomic mass is 35.5. The first-order valence-corrected chi connectivity index (χ1v) is 8.43. The summed E-state index contributed by atoms with van der Waals surface area (Å²) in [7, 11) is 0. The lowest BCUT2D eigenvalue weighted by Crippen LogP contribution is -2.42.